The molecule has 0 bridgehead atoms. The van der Waals surface area contributed by atoms with E-state index in [4.69, 9.17) is 10.3 Å². The second-order valence-corrected chi connectivity index (χ2v) is 5.70. The zero-order chi connectivity index (χ0) is 14.8. The van der Waals surface area contributed by atoms with E-state index in [9.17, 15) is 8.78 Å². The van der Waals surface area contributed by atoms with Crippen LogP contribution < -0.4 is 5.73 Å². The first-order chi connectivity index (χ1) is 10.1. The number of nitrogen functional groups attached to an aromatic ring is 1. The van der Waals surface area contributed by atoms with Crippen LogP contribution in [0, 0.1) is 17.6 Å². The predicted octanol–water partition coefficient (Wildman–Crippen LogP) is 4.32. The minimum absolute atomic E-state index is 0.159. The Morgan fingerprint density at radius 1 is 1.19 bits per heavy atom. The molecule has 0 saturated heterocycles. The van der Waals surface area contributed by atoms with Crippen LogP contribution in [0.3, 0.4) is 0 Å². The molecule has 3 nitrogen and oxygen atoms in total. The third-order valence-electron chi connectivity index (χ3n) is 4.19. The average molecular weight is 292 g/mol. The molecule has 2 aromatic rings. The number of halogens is 2. The van der Waals surface area contributed by atoms with Crippen LogP contribution in [0.15, 0.2) is 22.7 Å². The number of nitrogens with zero attached hydrogens (tertiary/aromatic N) is 1. The molecule has 5 heteroatoms. The van der Waals surface area contributed by atoms with Gasteiger partial charge in [0.1, 0.15) is 17.4 Å². The zero-order valence-electron chi connectivity index (χ0n) is 11.7. The van der Waals surface area contributed by atoms with Gasteiger partial charge in [0.05, 0.1) is 5.56 Å². The summed E-state index contributed by atoms with van der Waals surface area (Å²) in [7, 11) is 0. The normalized spacial score (nSPS) is 16.3. The van der Waals surface area contributed by atoms with E-state index < -0.39 is 11.6 Å². The van der Waals surface area contributed by atoms with Gasteiger partial charge in [-0.3, -0.25) is 0 Å². The number of rotatable bonds is 3. The highest BCUT2D eigenvalue weighted by Crippen LogP contribution is 2.35. The zero-order valence-corrected chi connectivity index (χ0v) is 11.7. The number of aromatic nitrogens is 1. The molecule has 3 rings (SSSR count). The summed E-state index contributed by atoms with van der Waals surface area (Å²) in [6.45, 7) is 0. The lowest BCUT2D eigenvalue weighted by atomic mass is 9.85. The fraction of sp³-hybridized carbons (Fsp3) is 0.438. The van der Waals surface area contributed by atoms with Crippen molar-refractivity contribution in [2.75, 3.05) is 5.73 Å². The monoisotopic (exact) mass is 292 g/mol. The second kappa shape index (κ2) is 5.84. The topological polar surface area (TPSA) is 52.0 Å². The van der Waals surface area contributed by atoms with E-state index >= 15 is 0 Å². The van der Waals surface area contributed by atoms with Gasteiger partial charge in [-0.1, -0.05) is 37.3 Å². The predicted molar refractivity (Wildman–Crippen MR) is 76.5 cm³/mol. The summed E-state index contributed by atoms with van der Waals surface area (Å²) in [5, 5.41) is 3.76. The summed E-state index contributed by atoms with van der Waals surface area (Å²) >= 11 is 0. The van der Waals surface area contributed by atoms with Gasteiger partial charge in [-0.15, -0.1) is 0 Å². The first kappa shape index (κ1) is 14.0. The Kier molecular flexibility index (Phi) is 3.90. The molecule has 0 unspecified atom stereocenters. The van der Waals surface area contributed by atoms with E-state index in [1.165, 1.54) is 31.4 Å². The Morgan fingerprint density at radius 3 is 2.67 bits per heavy atom. The van der Waals surface area contributed by atoms with E-state index in [1.807, 2.05) is 0 Å². The number of hydrogen-bond acceptors (Lipinski definition) is 3. The summed E-state index contributed by atoms with van der Waals surface area (Å²) in [6, 6.07) is 3.46. The van der Waals surface area contributed by atoms with Crippen LogP contribution in [0.4, 0.5) is 14.6 Å². The molecule has 1 aromatic carbocycles. The van der Waals surface area contributed by atoms with Crippen LogP contribution >= 0.6 is 0 Å². The van der Waals surface area contributed by atoms with Crippen LogP contribution in [0.2, 0.25) is 0 Å². The first-order valence-corrected chi connectivity index (χ1v) is 7.34. The molecule has 0 radical (unpaired) electrons. The molecule has 0 aliphatic heterocycles. The van der Waals surface area contributed by atoms with E-state index in [0.717, 1.165) is 18.9 Å². The van der Waals surface area contributed by atoms with Crippen molar-refractivity contribution < 1.29 is 13.3 Å². The minimum atomic E-state index is -0.644. The van der Waals surface area contributed by atoms with Gasteiger partial charge in [0.25, 0.3) is 0 Å². The molecule has 21 heavy (non-hydrogen) atoms. The van der Waals surface area contributed by atoms with E-state index in [1.54, 1.807) is 0 Å². The van der Waals surface area contributed by atoms with Crippen LogP contribution in [-0.4, -0.2) is 5.16 Å². The SMILES string of the molecule is Nc1noc(CC2CCCCC2)c1-c1ccc(F)cc1F. The van der Waals surface area contributed by atoms with E-state index in [2.05, 4.69) is 5.16 Å². The Labute approximate surface area is 122 Å². The molecule has 2 N–H and O–H groups in total. The lowest BCUT2D eigenvalue weighted by Crippen LogP contribution is -2.09. The molecular formula is C16H18F2N2O. The molecule has 1 heterocycles. The smallest absolute Gasteiger partial charge is 0.175 e. The van der Waals surface area contributed by atoms with E-state index in [0.29, 0.717) is 23.7 Å². The molecule has 0 spiro atoms. The fourth-order valence-electron chi connectivity index (χ4n) is 3.11. The lowest BCUT2D eigenvalue weighted by Gasteiger charge is -2.20. The van der Waals surface area contributed by atoms with Crippen molar-refractivity contribution >= 4 is 5.82 Å². The number of nitrogens with two attached hydrogens (primary N) is 1. The van der Waals surface area contributed by atoms with Gasteiger partial charge in [0.15, 0.2) is 5.82 Å². The van der Waals surface area contributed by atoms with Gasteiger partial charge in [-0.05, 0) is 18.1 Å². The first-order valence-electron chi connectivity index (χ1n) is 7.34. The van der Waals surface area contributed by atoms with Crippen molar-refractivity contribution in [3.63, 3.8) is 0 Å². The molecule has 1 saturated carbocycles. The molecule has 1 fully saturated rings. The summed E-state index contributed by atoms with van der Waals surface area (Å²) in [4.78, 5) is 0. The van der Waals surface area contributed by atoms with Crippen molar-refractivity contribution in [1.82, 2.24) is 5.16 Å². The highest BCUT2D eigenvalue weighted by atomic mass is 19.1. The molecule has 1 aliphatic carbocycles. The van der Waals surface area contributed by atoms with Crippen molar-refractivity contribution in [1.29, 1.82) is 0 Å². The maximum atomic E-state index is 14.0. The van der Waals surface area contributed by atoms with Gasteiger partial charge >= 0.3 is 0 Å². The number of benzene rings is 1. The third kappa shape index (κ3) is 2.91. The standard InChI is InChI=1S/C16H18F2N2O/c17-11-6-7-12(13(18)9-11)15-14(21-20-16(15)19)8-10-4-2-1-3-5-10/h6-7,9-10H,1-5,8H2,(H2,19,20). The molecule has 1 aliphatic rings. The number of hydrogen-bond donors (Lipinski definition) is 1. The largest absolute Gasteiger partial charge is 0.380 e. The quantitative estimate of drug-likeness (QED) is 0.916. The highest BCUT2D eigenvalue weighted by Gasteiger charge is 2.23. The maximum Gasteiger partial charge on any atom is 0.175 e. The lowest BCUT2D eigenvalue weighted by molar-refractivity contribution is 0.311. The van der Waals surface area contributed by atoms with Crippen molar-refractivity contribution in [3.8, 4) is 11.1 Å². The Hall–Kier alpha value is -1.91. The van der Waals surface area contributed by atoms with Crippen LogP contribution in [0.25, 0.3) is 11.1 Å². The van der Waals surface area contributed by atoms with Crippen molar-refractivity contribution in [3.05, 3.63) is 35.6 Å². The van der Waals surface area contributed by atoms with E-state index in [-0.39, 0.29) is 11.4 Å². The fourth-order valence-corrected chi connectivity index (χ4v) is 3.11. The minimum Gasteiger partial charge on any atom is -0.380 e. The van der Waals surface area contributed by atoms with Gasteiger partial charge in [-0.2, -0.15) is 0 Å². The molecule has 0 amide bonds. The van der Waals surface area contributed by atoms with Crippen molar-refractivity contribution in [2.24, 2.45) is 5.92 Å². The molecule has 0 atom stereocenters. The van der Waals surface area contributed by atoms with Gasteiger partial charge < -0.3 is 10.3 Å². The third-order valence-corrected chi connectivity index (χ3v) is 4.19. The summed E-state index contributed by atoms with van der Waals surface area (Å²) in [5.74, 6) is 0.0273. The average Bonchev–Trinajstić information content (AvgIpc) is 2.81. The Balaban J connectivity index is 1.92. The summed E-state index contributed by atoms with van der Waals surface area (Å²) in [5.41, 5.74) is 6.54. The summed E-state index contributed by atoms with van der Waals surface area (Å²) in [6.07, 6.45) is 6.70. The number of anilines is 1. The molecule has 1 aromatic heterocycles. The van der Waals surface area contributed by atoms with Crippen molar-refractivity contribution in [2.45, 2.75) is 38.5 Å². The van der Waals surface area contributed by atoms with Crippen LogP contribution in [0.5, 0.6) is 0 Å². The molecular weight excluding hydrogens is 274 g/mol. The molecule has 112 valence electrons. The summed E-state index contributed by atoms with van der Waals surface area (Å²) < 4.78 is 32.3. The van der Waals surface area contributed by atoms with Gasteiger partial charge in [0, 0.05) is 18.1 Å². The highest BCUT2D eigenvalue weighted by molar-refractivity contribution is 5.75. The van der Waals surface area contributed by atoms with Gasteiger partial charge in [0.2, 0.25) is 0 Å². The maximum absolute atomic E-state index is 14.0. The second-order valence-electron chi connectivity index (χ2n) is 5.70. The van der Waals surface area contributed by atoms with Crippen LogP contribution in [-0.2, 0) is 6.42 Å². The Bertz CT molecular complexity index is 633. The Morgan fingerprint density at radius 2 is 1.95 bits per heavy atom. The van der Waals surface area contributed by atoms with Crippen LogP contribution in [0.1, 0.15) is 37.9 Å². The van der Waals surface area contributed by atoms with Gasteiger partial charge in [-0.25, -0.2) is 8.78 Å².